The van der Waals surface area contributed by atoms with Gasteiger partial charge in [0.25, 0.3) is 0 Å². The molecule has 0 aliphatic heterocycles. The van der Waals surface area contributed by atoms with Crippen LogP contribution in [0.15, 0.2) is 37.4 Å². The van der Waals surface area contributed by atoms with Gasteiger partial charge in [0, 0.05) is 9.37 Å². The molecule has 0 spiro atoms. The quantitative estimate of drug-likeness (QED) is 0.823. The van der Waals surface area contributed by atoms with Gasteiger partial charge in [-0.05, 0) is 30.5 Å². The number of rotatable bonds is 2. The van der Waals surface area contributed by atoms with Crippen LogP contribution in [-0.4, -0.2) is 20.2 Å². The highest BCUT2D eigenvalue weighted by Crippen LogP contribution is 2.26. The summed E-state index contributed by atoms with van der Waals surface area (Å²) in [5.74, 6) is 0. The van der Waals surface area contributed by atoms with Crippen molar-refractivity contribution >= 4 is 36.6 Å². The summed E-state index contributed by atoms with van der Waals surface area (Å²) in [4.78, 5) is 0.418. The van der Waals surface area contributed by atoms with E-state index in [2.05, 4.69) is 19.7 Å². The Labute approximate surface area is 107 Å². The van der Waals surface area contributed by atoms with Crippen molar-refractivity contribution in [3.63, 3.8) is 0 Å². The van der Waals surface area contributed by atoms with Gasteiger partial charge in [0.1, 0.15) is 0 Å². The van der Waals surface area contributed by atoms with E-state index in [4.69, 9.17) is 0 Å². The third-order valence-electron chi connectivity index (χ3n) is 1.66. The molecule has 0 fully saturated rings. The zero-order valence-corrected chi connectivity index (χ0v) is 11.6. The van der Waals surface area contributed by atoms with Crippen LogP contribution in [-0.2, 0) is 20.7 Å². The summed E-state index contributed by atoms with van der Waals surface area (Å²) >= 11 is 3.16. The van der Waals surface area contributed by atoms with Crippen molar-refractivity contribution in [3.8, 4) is 0 Å². The fourth-order valence-electron chi connectivity index (χ4n) is 0.864. The molecule has 0 N–H and O–H groups in total. The lowest BCUT2D eigenvalue weighted by Gasteiger charge is -2.05. The van der Waals surface area contributed by atoms with Crippen LogP contribution in [0.5, 0.6) is 0 Å². The molecule has 0 aliphatic carbocycles. The number of hydrogen-bond acceptors (Lipinski definition) is 2. The van der Waals surface area contributed by atoms with Gasteiger partial charge >= 0.3 is 15.5 Å². The Kier molecular flexibility index (Phi) is 4.37. The molecule has 1 aromatic rings. The van der Waals surface area contributed by atoms with Gasteiger partial charge in [-0.1, -0.05) is 26.6 Å². The minimum absolute atomic E-state index is 0.418. The van der Waals surface area contributed by atoms with Crippen molar-refractivity contribution in [2.75, 3.05) is 6.26 Å². The van der Waals surface area contributed by atoms with Crippen LogP contribution in [0, 0.1) is 0 Å². The first-order chi connectivity index (χ1) is 7.63. The van der Waals surface area contributed by atoms with Crippen LogP contribution in [0.2, 0.25) is 0 Å². The molecular formula is C8H7BrF3NO2S2. The van der Waals surface area contributed by atoms with Crippen LogP contribution >= 0.6 is 15.9 Å². The second-order valence-corrected chi connectivity index (χ2v) is 7.28. The summed E-state index contributed by atoms with van der Waals surface area (Å²) in [6.07, 6.45) is 1.31. The number of benzene rings is 1. The van der Waals surface area contributed by atoms with Crippen LogP contribution in [0.3, 0.4) is 0 Å². The molecule has 96 valence electrons. The first kappa shape index (κ1) is 14.7. The highest BCUT2D eigenvalue weighted by molar-refractivity contribution is 9.10. The Morgan fingerprint density at radius 3 is 2.12 bits per heavy atom. The maximum Gasteiger partial charge on any atom is 0.519 e. The van der Waals surface area contributed by atoms with Crippen molar-refractivity contribution in [2.24, 2.45) is 3.77 Å². The Morgan fingerprint density at radius 1 is 1.24 bits per heavy atom. The van der Waals surface area contributed by atoms with E-state index in [1.165, 1.54) is 18.4 Å². The lowest BCUT2D eigenvalue weighted by molar-refractivity contribution is -0.0434. The molecule has 17 heavy (non-hydrogen) atoms. The van der Waals surface area contributed by atoms with Crippen LogP contribution in [0.4, 0.5) is 13.2 Å². The van der Waals surface area contributed by atoms with Gasteiger partial charge in [0.2, 0.25) is 0 Å². The Bertz CT molecular complexity index is 537. The minimum Gasteiger partial charge on any atom is -0.194 e. The second kappa shape index (κ2) is 5.07. The summed E-state index contributed by atoms with van der Waals surface area (Å²) < 4.78 is 61.5. The van der Waals surface area contributed by atoms with Gasteiger partial charge in [-0.25, -0.2) is 0 Å². The molecule has 9 heteroatoms. The van der Waals surface area contributed by atoms with Crippen LogP contribution < -0.4 is 0 Å². The van der Waals surface area contributed by atoms with Gasteiger partial charge in [0.05, 0.1) is 0 Å². The van der Waals surface area contributed by atoms with Crippen molar-refractivity contribution in [1.29, 1.82) is 0 Å². The Hall–Kier alpha value is -0.410. The normalized spacial score (nSPS) is 14.9. The maximum atomic E-state index is 12.1. The summed E-state index contributed by atoms with van der Waals surface area (Å²) in [7, 11) is -6.79. The molecule has 0 saturated heterocycles. The molecule has 1 unspecified atom stereocenters. The molecule has 0 heterocycles. The third-order valence-corrected chi connectivity index (χ3v) is 5.40. The van der Waals surface area contributed by atoms with Gasteiger partial charge in [-0.2, -0.15) is 21.6 Å². The predicted octanol–water partition coefficient (Wildman–Crippen LogP) is 3.09. The molecule has 3 nitrogen and oxygen atoms in total. The SMILES string of the molecule is C/S(=N\S(=O)(=O)C(F)(F)F)c1ccc(Br)cc1. The first-order valence-electron chi connectivity index (χ1n) is 4.09. The fraction of sp³-hybridized carbons (Fsp3) is 0.250. The van der Waals surface area contributed by atoms with Gasteiger partial charge in [-0.15, -0.1) is 3.77 Å². The topological polar surface area (TPSA) is 46.5 Å². The van der Waals surface area contributed by atoms with Gasteiger partial charge in [-0.3, -0.25) is 0 Å². The molecule has 0 bridgehead atoms. The van der Waals surface area contributed by atoms with E-state index in [-0.39, 0.29) is 0 Å². The maximum absolute atomic E-state index is 12.1. The molecule has 0 aromatic heterocycles. The molecule has 1 rings (SSSR count). The highest BCUT2D eigenvalue weighted by atomic mass is 79.9. The number of hydrogen-bond donors (Lipinski definition) is 0. The van der Waals surface area contributed by atoms with E-state index in [1.807, 2.05) is 0 Å². The zero-order chi connectivity index (χ0) is 13.3. The summed E-state index contributed by atoms with van der Waals surface area (Å²) in [6.45, 7) is 0. The van der Waals surface area contributed by atoms with E-state index in [9.17, 15) is 21.6 Å². The van der Waals surface area contributed by atoms with Crippen molar-refractivity contribution in [3.05, 3.63) is 28.7 Å². The van der Waals surface area contributed by atoms with Crippen molar-refractivity contribution in [1.82, 2.24) is 0 Å². The second-order valence-electron chi connectivity index (χ2n) is 2.93. The molecule has 0 amide bonds. The van der Waals surface area contributed by atoms with Crippen LogP contribution in [0.1, 0.15) is 0 Å². The summed E-state index contributed by atoms with van der Waals surface area (Å²) in [6, 6.07) is 6.24. The van der Waals surface area contributed by atoms with Crippen molar-refractivity contribution in [2.45, 2.75) is 10.4 Å². The molecule has 1 aromatic carbocycles. The van der Waals surface area contributed by atoms with E-state index >= 15 is 0 Å². The molecule has 0 radical (unpaired) electrons. The van der Waals surface area contributed by atoms with Gasteiger partial charge < -0.3 is 0 Å². The molecule has 1 atom stereocenters. The average molecular weight is 350 g/mol. The Morgan fingerprint density at radius 2 is 1.71 bits per heavy atom. The van der Waals surface area contributed by atoms with E-state index in [0.29, 0.717) is 4.90 Å². The molecule has 0 aliphatic rings. The molecular weight excluding hydrogens is 343 g/mol. The zero-order valence-electron chi connectivity index (χ0n) is 8.40. The number of nitrogens with zero attached hydrogens (tertiary/aromatic N) is 1. The van der Waals surface area contributed by atoms with Crippen LogP contribution in [0.25, 0.3) is 0 Å². The standard InChI is InChI=1S/C8H7BrF3NO2S2/c1-16(7-4-2-6(9)3-5-7)13-17(14,15)8(10,11)12/h2-5H,1H3. The lowest BCUT2D eigenvalue weighted by Crippen LogP contribution is -2.21. The largest absolute Gasteiger partial charge is 0.519 e. The number of sulfonamides is 1. The smallest absolute Gasteiger partial charge is 0.194 e. The Balaban J connectivity index is 3.14. The predicted molar refractivity (Wildman–Crippen MR) is 63.1 cm³/mol. The lowest BCUT2D eigenvalue weighted by atomic mass is 10.4. The van der Waals surface area contributed by atoms with Gasteiger partial charge in [0.15, 0.2) is 0 Å². The van der Waals surface area contributed by atoms with E-state index < -0.39 is 26.2 Å². The monoisotopic (exact) mass is 349 g/mol. The number of alkyl halides is 3. The van der Waals surface area contributed by atoms with E-state index in [0.717, 1.165) is 4.47 Å². The summed E-state index contributed by atoms with van der Waals surface area (Å²) in [5.41, 5.74) is -5.34. The summed E-state index contributed by atoms with van der Waals surface area (Å²) in [5, 5.41) is 0. The highest BCUT2D eigenvalue weighted by Gasteiger charge is 2.46. The fourth-order valence-corrected chi connectivity index (χ4v) is 3.52. The minimum atomic E-state index is -5.43. The van der Waals surface area contributed by atoms with Crippen molar-refractivity contribution < 1.29 is 21.6 Å². The first-order valence-corrected chi connectivity index (χ1v) is 7.92. The van der Waals surface area contributed by atoms with E-state index in [1.54, 1.807) is 12.1 Å². The average Bonchev–Trinajstić information content (AvgIpc) is 2.16. The third kappa shape index (κ3) is 3.78. The molecule has 0 saturated carbocycles. The number of halogens is 4.